The Hall–Kier alpha value is -1.98. The molecule has 0 saturated carbocycles. The van der Waals surface area contributed by atoms with Crippen LogP contribution < -0.4 is 10.2 Å². The number of piperidine rings is 1. The molecule has 2 N–H and O–H groups in total. The third kappa shape index (κ3) is 2.52. The fourth-order valence-electron chi connectivity index (χ4n) is 5.52. The van der Waals surface area contributed by atoms with Crippen molar-refractivity contribution >= 4 is 11.5 Å². The maximum atomic E-state index is 10.5. The lowest BCUT2D eigenvalue weighted by atomic mass is 9.72. The van der Waals surface area contributed by atoms with E-state index < -0.39 is 6.10 Å². The van der Waals surface area contributed by atoms with Crippen LogP contribution >= 0.6 is 0 Å². The number of fused-ring (bicyclic) bond motifs is 3. The van der Waals surface area contributed by atoms with Crippen molar-refractivity contribution in [1.29, 1.82) is 0 Å². The molecule has 0 amide bonds. The van der Waals surface area contributed by atoms with E-state index in [-0.39, 0.29) is 5.41 Å². The molecule has 5 nitrogen and oxygen atoms in total. The van der Waals surface area contributed by atoms with E-state index in [0.717, 1.165) is 56.7 Å². The highest BCUT2D eigenvalue weighted by atomic mass is 16.3. The molecule has 3 aliphatic rings. The largest absolute Gasteiger partial charge is 0.389 e. The second-order valence-electron chi connectivity index (χ2n) is 8.53. The van der Waals surface area contributed by atoms with Gasteiger partial charge in [-0.2, -0.15) is 0 Å². The predicted molar refractivity (Wildman–Crippen MR) is 107 cm³/mol. The first-order valence-electron chi connectivity index (χ1n) is 10.2. The average Bonchev–Trinajstić information content (AvgIpc) is 3.21. The molecule has 2 atom stereocenters. The zero-order valence-electron chi connectivity index (χ0n) is 16.2. The van der Waals surface area contributed by atoms with Gasteiger partial charge in [-0.3, -0.25) is 0 Å². The predicted octanol–water partition coefficient (Wildman–Crippen LogP) is 3.35. The summed E-state index contributed by atoms with van der Waals surface area (Å²) < 4.78 is 0. The van der Waals surface area contributed by atoms with E-state index in [1.54, 1.807) is 6.33 Å². The van der Waals surface area contributed by atoms with Crippen molar-refractivity contribution in [2.45, 2.75) is 57.0 Å². The first-order chi connectivity index (χ1) is 13.1. The second-order valence-corrected chi connectivity index (χ2v) is 8.53. The Bertz CT molecular complexity index is 873. The molecule has 1 spiro atoms. The summed E-state index contributed by atoms with van der Waals surface area (Å²) in [5.74, 6) is 1.59. The number of aliphatic hydroxyl groups is 1. The lowest BCUT2D eigenvalue weighted by Gasteiger charge is -2.36. The first-order valence-corrected chi connectivity index (χ1v) is 10.2. The number of nitrogens with zero attached hydrogens (tertiary/aromatic N) is 3. The van der Waals surface area contributed by atoms with Gasteiger partial charge in [0.25, 0.3) is 0 Å². The molecule has 1 unspecified atom stereocenters. The molecule has 5 heteroatoms. The van der Waals surface area contributed by atoms with Gasteiger partial charge in [-0.05, 0) is 68.8 Å². The monoisotopic (exact) mass is 364 g/mol. The number of aryl methyl sites for hydroxylation is 1. The summed E-state index contributed by atoms with van der Waals surface area (Å²) in [5, 5.41) is 14.0. The molecular weight excluding hydrogens is 336 g/mol. The summed E-state index contributed by atoms with van der Waals surface area (Å²) in [6.45, 7) is 7.18. The minimum atomic E-state index is -0.457. The minimum Gasteiger partial charge on any atom is -0.389 e. The van der Waals surface area contributed by atoms with Crippen LogP contribution in [0.4, 0.5) is 11.5 Å². The van der Waals surface area contributed by atoms with E-state index >= 15 is 0 Å². The maximum Gasteiger partial charge on any atom is 0.140 e. The van der Waals surface area contributed by atoms with Gasteiger partial charge in [-0.15, -0.1) is 0 Å². The minimum absolute atomic E-state index is 0.0911. The molecule has 5 rings (SSSR count). The van der Waals surface area contributed by atoms with Crippen molar-refractivity contribution in [1.82, 2.24) is 15.3 Å². The number of hydrogen-bond donors (Lipinski definition) is 2. The molecule has 0 bridgehead atoms. The molecule has 1 fully saturated rings. The number of aliphatic hydroxyl groups excluding tert-OH is 1. The molecule has 1 aromatic carbocycles. The third-order valence-corrected chi connectivity index (χ3v) is 6.88. The van der Waals surface area contributed by atoms with E-state index in [1.165, 1.54) is 22.5 Å². The van der Waals surface area contributed by atoms with Gasteiger partial charge in [0.15, 0.2) is 0 Å². The number of rotatable bonds is 2. The molecular formula is C22H28N4O. The number of anilines is 2. The molecule has 27 heavy (non-hydrogen) atoms. The van der Waals surface area contributed by atoms with Crippen molar-refractivity contribution < 1.29 is 5.11 Å². The smallest absolute Gasteiger partial charge is 0.140 e. The van der Waals surface area contributed by atoms with E-state index in [0.29, 0.717) is 5.92 Å². The molecule has 3 heterocycles. The van der Waals surface area contributed by atoms with Gasteiger partial charge in [0, 0.05) is 28.9 Å². The van der Waals surface area contributed by atoms with Crippen LogP contribution in [0.3, 0.4) is 0 Å². The lowest BCUT2D eigenvalue weighted by Crippen LogP contribution is -2.43. The molecule has 2 aromatic rings. The summed E-state index contributed by atoms with van der Waals surface area (Å²) in [7, 11) is 0. The Morgan fingerprint density at radius 1 is 1.26 bits per heavy atom. The second kappa shape index (κ2) is 6.28. The van der Waals surface area contributed by atoms with Crippen LogP contribution in [0, 0.1) is 0 Å². The summed E-state index contributed by atoms with van der Waals surface area (Å²) >= 11 is 0. The fourth-order valence-corrected chi connectivity index (χ4v) is 5.52. The topological polar surface area (TPSA) is 61.3 Å². The van der Waals surface area contributed by atoms with Crippen LogP contribution in [0.15, 0.2) is 24.5 Å². The molecule has 2 aliphatic heterocycles. The van der Waals surface area contributed by atoms with Gasteiger partial charge >= 0.3 is 0 Å². The van der Waals surface area contributed by atoms with E-state index in [2.05, 4.69) is 40.3 Å². The SMILES string of the molecule is CC(O)c1cccc2c1C1(CCNCC1)CN2c1ncnc2c1[C@H](C)CC2. The van der Waals surface area contributed by atoms with Crippen molar-refractivity contribution in [3.63, 3.8) is 0 Å². The van der Waals surface area contributed by atoms with E-state index in [4.69, 9.17) is 4.98 Å². The van der Waals surface area contributed by atoms with Crippen LogP contribution in [0.25, 0.3) is 0 Å². The fraction of sp³-hybridized carbons (Fsp3) is 0.545. The van der Waals surface area contributed by atoms with Gasteiger partial charge in [0.2, 0.25) is 0 Å². The van der Waals surface area contributed by atoms with Gasteiger partial charge in [0.1, 0.15) is 12.1 Å². The van der Waals surface area contributed by atoms with Gasteiger partial charge in [-0.25, -0.2) is 9.97 Å². The highest BCUT2D eigenvalue weighted by molar-refractivity contribution is 5.75. The Morgan fingerprint density at radius 3 is 2.85 bits per heavy atom. The Labute approximate surface area is 160 Å². The van der Waals surface area contributed by atoms with E-state index in [1.807, 2.05) is 6.92 Å². The highest BCUT2D eigenvalue weighted by Gasteiger charge is 2.46. The summed E-state index contributed by atoms with van der Waals surface area (Å²) in [6, 6.07) is 6.40. The van der Waals surface area contributed by atoms with Gasteiger partial charge < -0.3 is 15.3 Å². The summed E-state index contributed by atoms with van der Waals surface area (Å²) in [6.07, 6.45) is 5.69. The molecule has 1 saturated heterocycles. The van der Waals surface area contributed by atoms with Crippen LogP contribution in [-0.4, -0.2) is 34.7 Å². The van der Waals surface area contributed by atoms with Gasteiger partial charge in [-0.1, -0.05) is 19.1 Å². The quantitative estimate of drug-likeness (QED) is 0.856. The van der Waals surface area contributed by atoms with E-state index in [9.17, 15) is 5.11 Å². The standard InChI is InChI=1S/C22H28N4O/c1-14-6-7-17-19(14)21(25-13-24-17)26-12-22(8-10-23-11-9-22)20-16(15(2)27)4-3-5-18(20)26/h3-5,13-15,23,27H,6-12H2,1-2H3/t14-,15?/m1/s1. The van der Waals surface area contributed by atoms with Crippen LogP contribution in [-0.2, 0) is 11.8 Å². The average molecular weight is 364 g/mol. The normalized spacial score (nSPS) is 24.1. The maximum absolute atomic E-state index is 10.5. The molecule has 1 aliphatic carbocycles. The van der Waals surface area contributed by atoms with Crippen LogP contribution in [0.1, 0.15) is 67.5 Å². The number of nitrogens with one attached hydrogen (secondary N) is 1. The Morgan fingerprint density at radius 2 is 2.07 bits per heavy atom. The third-order valence-electron chi connectivity index (χ3n) is 6.88. The summed E-state index contributed by atoms with van der Waals surface area (Å²) in [4.78, 5) is 11.8. The highest BCUT2D eigenvalue weighted by Crippen LogP contribution is 2.52. The molecule has 0 radical (unpaired) electrons. The Kier molecular flexibility index (Phi) is 3.99. The van der Waals surface area contributed by atoms with Crippen LogP contribution in [0.5, 0.6) is 0 Å². The molecule has 142 valence electrons. The number of aromatic nitrogens is 2. The number of hydrogen-bond acceptors (Lipinski definition) is 5. The van der Waals surface area contributed by atoms with Crippen molar-refractivity contribution in [2.75, 3.05) is 24.5 Å². The zero-order chi connectivity index (χ0) is 18.6. The van der Waals surface area contributed by atoms with Crippen molar-refractivity contribution in [3.8, 4) is 0 Å². The zero-order valence-corrected chi connectivity index (χ0v) is 16.2. The van der Waals surface area contributed by atoms with Crippen LogP contribution in [0.2, 0.25) is 0 Å². The summed E-state index contributed by atoms with van der Waals surface area (Å²) in [5.41, 5.74) is 6.29. The first kappa shape index (κ1) is 17.1. The number of benzene rings is 1. The van der Waals surface area contributed by atoms with Crippen molar-refractivity contribution in [3.05, 3.63) is 46.9 Å². The molecule has 1 aromatic heterocycles. The lowest BCUT2D eigenvalue weighted by molar-refractivity contribution is 0.194. The Balaban J connectivity index is 1.70. The van der Waals surface area contributed by atoms with Gasteiger partial charge in [0.05, 0.1) is 6.10 Å². The van der Waals surface area contributed by atoms with Crippen molar-refractivity contribution in [2.24, 2.45) is 0 Å².